The molecule has 1 saturated carbocycles. The van der Waals surface area contributed by atoms with Gasteiger partial charge >= 0.3 is 0 Å². The fraction of sp³-hybridized carbons (Fsp3) is 0.571. The van der Waals surface area contributed by atoms with Gasteiger partial charge in [0.15, 0.2) is 0 Å². The molecule has 3 rings (SSSR count). The smallest absolute Gasteiger partial charge is 0.0420 e. The lowest BCUT2D eigenvalue weighted by atomic mass is 9.93. The van der Waals surface area contributed by atoms with E-state index >= 15 is 0 Å². The van der Waals surface area contributed by atoms with Crippen molar-refractivity contribution in [2.24, 2.45) is 0 Å². The maximum atomic E-state index is 3.63. The van der Waals surface area contributed by atoms with Crippen molar-refractivity contribution < 1.29 is 0 Å². The van der Waals surface area contributed by atoms with Crippen molar-refractivity contribution in [2.75, 3.05) is 23.3 Å². The van der Waals surface area contributed by atoms with Crippen LogP contribution in [0.15, 0.2) is 18.2 Å². The first-order valence-corrected chi connectivity index (χ1v) is 6.51. The van der Waals surface area contributed by atoms with Gasteiger partial charge in [0.05, 0.1) is 0 Å². The van der Waals surface area contributed by atoms with Crippen LogP contribution in [-0.2, 0) is 6.42 Å². The van der Waals surface area contributed by atoms with E-state index in [9.17, 15) is 0 Å². The molecular formula is C14H20N2. The van der Waals surface area contributed by atoms with E-state index in [0.29, 0.717) is 0 Å². The molecule has 1 N–H and O–H groups in total. The Morgan fingerprint density at radius 2 is 2.25 bits per heavy atom. The second-order valence-electron chi connectivity index (χ2n) is 4.95. The molecule has 0 aromatic heterocycles. The van der Waals surface area contributed by atoms with Gasteiger partial charge in [-0.2, -0.15) is 0 Å². The SMILES string of the molecule is CCN1CCc2ccc(NC3CCC3)cc21. The molecule has 1 aromatic rings. The molecule has 2 heteroatoms. The number of hydrogen-bond acceptors (Lipinski definition) is 2. The first-order chi connectivity index (χ1) is 7.86. The van der Waals surface area contributed by atoms with Crippen molar-refractivity contribution in [2.45, 2.75) is 38.6 Å². The van der Waals surface area contributed by atoms with Crippen molar-refractivity contribution in [1.29, 1.82) is 0 Å². The van der Waals surface area contributed by atoms with E-state index in [2.05, 4.69) is 35.3 Å². The second kappa shape index (κ2) is 4.00. The van der Waals surface area contributed by atoms with Crippen LogP contribution in [0.25, 0.3) is 0 Å². The molecular weight excluding hydrogens is 196 g/mol. The zero-order chi connectivity index (χ0) is 11.0. The molecule has 0 unspecified atom stereocenters. The van der Waals surface area contributed by atoms with Crippen molar-refractivity contribution in [3.05, 3.63) is 23.8 Å². The number of nitrogens with one attached hydrogen (secondary N) is 1. The molecule has 0 radical (unpaired) electrons. The van der Waals surface area contributed by atoms with E-state index < -0.39 is 0 Å². The number of fused-ring (bicyclic) bond motifs is 1. The molecule has 1 aliphatic carbocycles. The van der Waals surface area contributed by atoms with Crippen LogP contribution >= 0.6 is 0 Å². The Bertz CT molecular complexity index is 382. The Kier molecular flexibility index (Phi) is 2.50. The molecule has 2 nitrogen and oxygen atoms in total. The first kappa shape index (κ1) is 10.0. The average molecular weight is 216 g/mol. The number of rotatable bonds is 3. The molecule has 0 bridgehead atoms. The third kappa shape index (κ3) is 1.66. The minimum Gasteiger partial charge on any atom is -0.382 e. The van der Waals surface area contributed by atoms with E-state index in [4.69, 9.17) is 0 Å². The fourth-order valence-corrected chi connectivity index (χ4v) is 2.65. The average Bonchev–Trinajstić information content (AvgIpc) is 2.65. The summed E-state index contributed by atoms with van der Waals surface area (Å²) in [7, 11) is 0. The van der Waals surface area contributed by atoms with Crippen molar-refractivity contribution in [1.82, 2.24) is 0 Å². The number of benzene rings is 1. The van der Waals surface area contributed by atoms with Gasteiger partial charge in [-0.15, -0.1) is 0 Å². The van der Waals surface area contributed by atoms with E-state index in [1.54, 1.807) is 0 Å². The monoisotopic (exact) mass is 216 g/mol. The third-order valence-corrected chi connectivity index (χ3v) is 3.93. The van der Waals surface area contributed by atoms with Crippen LogP contribution in [0.5, 0.6) is 0 Å². The Labute approximate surface area is 97.6 Å². The van der Waals surface area contributed by atoms with E-state index in [1.165, 1.54) is 49.2 Å². The van der Waals surface area contributed by atoms with Crippen LogP contribution in [-0.4, -0.2) is 19.1 Å². The van der Waals surface area contributed by atoms with Crippen molar-refractivity contribution in [3.63, 3.8) is 0 Å². The lowest BCUT2D eigenvalue weighted by Gasteiger charge is -2.28. The highest BCUT2D eigenvalue weighted by atomic mass is 15.1. The minimum atomic E-state index is 0.731. The predicted molar refractivity (Wildman–Crippen MR) is 69.3 cm³/mol. The van der Waals surface area contributed by atoms with Gasteiger partial charge in [0.25, 0.3) is 0 Å². The van der Waals surface area contributed by atoms with Crippen LogP contribution in [0.4, 0.5) is 11.4 Å². The zero-order valence-corrected chi connectivity index (χ0v) is 10.00. The summed E-state index contributed by atoms with van der Waals surface area (Å²) in [6.45, 7) is 4.56. The molecule has 0 atom stereocenters. The quantitative estimate of drug-likeness (QED) is 0.835. The summed E-state index contributed by atoms with van der Waals surface area (Å²) in [5, 5.41) is 3.63. The van der Waals surface area contributed by atoms with Gasteiger partial charge < -0.3 is 10.2 Å². The molecule has 1 heterocycles. The highest BCUT2D eigenvalue weighted by Crippen LogP contribution is 2.32. The second-order valence-corrected chi connectivity index (χ2v) is 4.95. The summed E-state index contributed by atoms with van der Waals surface area (Å²) < 4.78 is 0. The van der Waals surface area contributed by atoms with Crippen LogP contribution in [0.1, 0.15) is 31.7 Å². The van der Waals surface area contributed by atoms with E-state index in [1.807, 2.05) is 0 Å². The predicted octanol–water partition coefficient (Wildman–Crippen LogP) is 3.03. The fourth-order valence-electron chi connectivity index (χ4n) is 2.65. The summed E-state index contributed by atoms with van der Waals surface area (Å²) >= 11 is 0. The number of likely N-dealkylation sites (N-methyl/N-ethyl adjacent to an activating group) is 1. The largest absolute Gasteiger partial charge is 0.382 e. The van der Waals surface area contributed by atoms with Gasteiger partial charge in [-0.25, -0.2) is 0 Å². The van der Waals surface area contributed by atoms with Crippen LogP contribution in [0, 0.1) is 0 Å². The molecule has 0 spiro atoms. The highest BCUT2D eigenvalue weighted by Gasteiger charge is 2.20. The summed E-state index contributed by atoms with van der Waals surface area (Å²) in [6, 6.07) is 7.61. The first-order valence-electron chi connectivity index (χ1n) is 6.51. The number of nitrogens with zero attached hydrogens (tertiary/aromatic N) is 1. The van der Waals surface area contributed by atoms with Gasteiger partial charge in [0, 0.05) is 30.5 Å². The highest BCUT2D eigenvalue weighted by molar-refractivity contribution is 5.65. The minimum absolute atomic E-state index is 0.731. The molecule has 2 aliphatic rings. The van der Waals surface area contributed by atoms with Crippen LogP contribution in [0.3, 0.4) is 0 Å². The Morgan fingerprint density at radius 1 is 1.38 bits per heavy atom. The molecule has 0 amide bonds. The van der Waals surface area contributed by atoms with Gasteiger partial charge in [0.1, 0.15) is 0 Å². The van der Waals surface area contributed by atoms with Crippen molar-refractivity contribution in [3.8, 4) is 0 Å². The maximum absolute atomic E-state index is 3.63. The van der Waals surface area contributed by atoms with Gasteiger partial charge in [-0.1, -0.05) is 6.07 Å². The Morgan fingerprint density at radius 3 is 2.94 bits per heavy atom. The number of anilines is 2. The lowest BCUT2D eigenvalue weighted by molar-refractivity contribution is 0.445. The molecule has 86 valence electrons. The van der Waals surface area contributed by atoms with Gasteiger partial charge in [0.2, 0.25) is 0 Å². The molecule has 1 fully saturated rings. The summed E-state index contributed by atoms with van der Waals surface area (Å²) in [5.41, 5.74) is 4.27. The Hall–Kier alpha value is -1.18. The topological polar surface area (TPSA) is 15.3 Å². The Balaban J connectivity index is 1.80. The van der Waals surface area contributed by atoms with Crippen molar-refractivity contribution >= 4 is 11.4 Å². The summed E-state index contributed by atoms with van der Waals surface area (Å²) in [6.07, 6.45) is 5.29. The summed E-state index contributed by atoms with van der Waals surface area (Å²) in [4.78, 5) is 2.47. The van der Waals surface area contributed by atoms with Crippen LogP contribution < -0.4 is 10.2 Å². The zero-order valence-electron chi connectivity index (χ0n) is 10.00. The standard InChI is InChI=1S/C14H20N2/c1-2-16-9-8-11-6-7-13(10-14(11)16)15-12-4-3-5-12/h6-7,10,12,15H,2-5,8-9H2,1H3. The third-order valence-electron chi connectivity index (χ3n) is 3.93. The lowest BCUT2D eigenvalue weighted by Crippen LogP contribution is -2.27. The normalized spacial score (nSPS) is 19.4. The molecule has 1 aliphatic heterocycles. The van der Waals surface area contributed by atoms with E-state index in [0.717, 1.165) is 12.6 Å². The maximum Gasteiger partial charge on any atom is 0.0420 e. The molecule has 1 aromatic carbocycles. The van der Waals surface area contributed by atoms with Gasteiger partial charge in [-0.3, -0.25) is 0 Å². The van der Waals surface area contributed by atoms with Crippen LogP contribution in [0.2, 0.25) is 0 Å². The van der Waals surface area contributed by atoms with E-state index in [-0.39, 0.29) is 0 Å². The van der Waals surface area contributed by atoms with Gasteiger partial charge in [-0.05, 0) is 50.3 Å². The summed E-state index contributed by atoms with van der Waals surface area (Å²) in [5.74, 6) is 0. The number of hydrogen-bond donors (Lipinski definition) is 1. The molecule has 16 heavy (non-hydrogen) atoms. The molecule has 0 saturated heterocycles.